The minimum atomic E-state index is -1.25. The lowest BCUT2D eigenvalue weighted by molar-refractivity contribution is -0.139. The Labute approximate surface area is 140 Å². The summed E-state index contributed by atoms with van der Waals surface area (Å²) in [6.45, 7) is 5.06. The van der Waals surface area contributed by atoms with Crippen molar-refractivity contribution in [2.75, 3.05) is 19.4 Å². The van der Waals surface area contributed by atoms with Crippen molar-refractivity contribution in [2.45, 2.75) is 32.4 Å². The second-order valence-corrected chi connectivity index (χ2v) is 6.36. The summed E-state index contributed by atoms with van der Waals surface area (Å²) >= 11 is 0. The molecular formula is C16H23N3O5. The first kappa shape index (κ1) is 19.3. The van der Waals surface area contributed by atoms with Crippen LogP contribution in [-0.4, -0.2) is 47.8 Å². The van der Waals surface area contributed by atoms with Gasteiger partial charge in [-0.2, -0.15) is 0 Å². The molecule has 1 aromatic carbocycles. The van der Waals surface area contributed by atoms with E-state index in [1.165, 1.54) is 17.0 Å². The van der Waals surface area contributed by atoms with Gasteiger partial charge in [0.2, 0.25) is 0 Å². The van der Waals surface area contributed by atoms with Crippen molar-refractivity contribution in [3.63, 3.8) is 0 Å². The normalized spacial score (nSPS) is 12.0. The van der Waals surface area contributed by atoms with E-state index in [-0.39, 0.29) is 6.03 Å². The number of carbonyl (C=O) groups is 3. The van der Waals surface area contributed by atoms with Crippen LogP contribution in [0, 0.1) is 0 Å². The van der Waals surface area contributed by atoms with Gasteiger partial charge in [-0.25, -0.2) is 14.4 Å². The van der Waals surface area contributed by atoms with E-state index < -0.39 is 23.7 Å². The Hall–Kier alpha value is -2.77. The average Bonchev–Trinajstić information content (AvgIpc) is 2.43. The second-order valence-electron chi connectivity index (χ2n) is 6.36. The Morgan fingerprint density at radius 2 is 1.67 bits per heavy atom. The molecule has 0 heterocycles. The third-order valence-electron chi connectivity index (χ3n) is 2.81. The van der Waals surface area contributed by atoms with Gasteiger partial charge in [0.1, 0.15) is 5.60 Å². The van der Waals surface area contributed by atoms with Crippen LogP contribution in [0.25, 0.3) is 0 Å². The highest BCUT2D eigenvalue weighted by molar-refractivity contribution is 5.89. The molecule has 0 bridgehead atoms. The minimum absolute atomic E-state index is 0.301. The van der Waals surface area contributed by atoms with E-state index in [9.17, 15) is 19.5 Å². The lowest BCUT2D eigenvalue weighted by Gasteiger charge is -2.22. The summed E-state index contributed by atoms with van der Waals surface area (Å²) in [5.41, 5.74) is 0.142. The van der Waals surface area contributed by atoms with Crippen LogP contribution in [-0.2, 0) is 9.53 Å². The van der Waals surface area contributed by atoms with Crippen LogP contribution in [0.1, 0.15) is 32.4 Å². The Morgan fingerprint density at radius 3 is 2.08 bits per heavy atom. The molecule has 0 spiro atoms. The Bertz CT molecular complexity index is 605. The highest BCUT2D eigenvalue weighted by atomic mass is 16.6. The maximum Gasteiger partial charge on any atom is 0.408 e. The number of alkyl carbamates (subject to hydrolysis) is 1. The zero-order valence-corrected chi connectivity index (χ0v) is 14.4. The third-order valence-corrected chi connectivity index (χ3v) is 2.81. The summed E-state index contributed by atoms with van der Waals surface area (Å²) in [7, 11) is 3.21. The van der Waals surface area contributed by atoms with Gasteiger partial charge in [-0.1, -0.05) is 12.1 Å². The SMILES string of the molecule is CN(C)C(=O)Nc1ccc(C(NC(=O)OC(C)(C)C)C(=O)O)cc1. The molecule has 3 amide bonds. The van der Waals surface area contributed by atoms with Crippen LogP contribution in [0.15, 0.2) is 24.3 Å². The highest BCUT2D eigenvalue weighted by Gasteiger charge is 2.25. The number of hydrogen-bond donors (Lipinski definition) is 3. The zero-order valence-electron chi connectivity index (χ0n) is 14.4. The monoisotopic (exact) mass is 337 g/mol. The Morgan fingerprint density at radius 1 is 1.12 bits per heavy atom. The molecule has 24 heavy (non-hydrogen) atoms. The molecule has 0 aliphatic heterocycles. The van der Waals surface area contributed by atoms with Crippen molar-refractivity contribution in [1.29, 1.82) is 0 Å². The van der Waals surface area contributed by atoms with Gasteiger partial charge in [0.15, 0.2) is 6.04 Å². The number of urea groups is 1. The summed E-state index contributed by atoms with van der Waals surface area (Å²) in [5.74, 6) is -1.22. The summed E-state index contributed by atoms with van der Waals surface area (Å²) < 4.78 is 5.07. The Kier molecular flexibility index (Phi) is 6.16. The molecule has 1 unspecified atom stereocenters. The second kappa shape index (κ2) is 7.67. The molecule has 1 rings (SSSR count). The van der Waals surface area contributed by atoms with E-state index in [0.29, 0.717) is 11.3 Å². The van der Waals surface area contributed by atoms with E-state index in [1.807, 2.05) is 0 Å². The van der Waals surface area contributed by atoms with Gasteiger partial charge in [-0.15, -0.1) is 0 Å². The Balaban J connectivity index is 2.84. The van der Waals surface area contributed by atoms with Crippen LogP contribution in [0.5, 0.6) is 0 Å². The standard InChI is InChI=1S/C16H23N3O5/c1-16(2,3)24-15(23)18-12(13(20)21)10-6-8-11(9-7-10)17-14(22)19(4)5/h6-9,12H,1-5H3,(H,17,22)(H,18,23)(H,20,21). The smallest absolute Gasteiger partial charge is 0.408 e. The average molecular weight is 337 g/mol. The molecule has 132 valence electrons. The van der Waals surface area contributed by atoms with Gasteiger partial charge in [0.25, 0.3) is 0 Å². The van der Waals surface area contributed by atoms with Crippen LogP contribution in [0.2, 0.25) is 0 Å². The fraction of sp³-hybridized carbons (Fsp3) is 0.438. The molecule has 0 saturated carbocycles. The molecule has 0 saturated heterocycles. The van der Waals surface area contributed by atoms with Crippen molar-refractivity contribution in [2.24, 2.45) is 0 Å². The molecule has 0 fully saturated rings. The minimum Gasteiger partial charge on any atom is -0.479 e. The van der Waals surface area contributed by atoms with Crippen LogP contribution >= 0.6 is 0 Å². The molecule has 0 aliphatic carbocycles. The number of carboxylic acid groups (broad SMARTS) is 1. The maximum atomic E-state index is 11.8. The van der Waals surface area contributed by atoms with Gasteiger partial charge in [-0.3, -0.25) is 0 Å². The zero-order chi connectivity index (χ0) is 18.5. The molecule has 8 heteroatoms. The summed E-state index contributed by atoms with van der Waals surface area (Å²) in [5, 5.41) is 14.3. The molecular weight excluding hydrogens is 314 g/mol. The predicted molar refractivity (Wildman–Crippen MR) is 88.9 cm³/mol. The summed E-state index contributed by atoms with van der Waals surface area (Å²) in [4.78, 5) is 36.1. The number of carboxylic acids is 1. The topological polar surface area (TPSA) is 108 Å². The third kappa shape index (κ3) is 6.15. The molecule has 1 atom stereocenters. The van der Waals surface area contributed by atoms with Crippen molar-refractivity contribution in [3.05, 3.63) is 29.8 Å². The number of nitrogens with zero attached hydrogens (tertiary/aromatic N) is 1. The van der Waals surface area contributed by atoms with Gasteiger partial charge < -0.3 is 25.4 Å². The van der Waals surface area contributed by atoms with Gasteiger partial charge in [0.05, 0.1) is 0 Å². The number of rotatable bonds is 4. The maximum absolute atomic E-state index is 11.8. The fourth-order valence-electron chi connectivity index (χ4n) is 1.71. The number of ether oxygens (including phenoxy) is 1. The number of aliphatic carboxylic acids is 1. The molecule has 0 aromatic heterocycles. The van der Waals surface area contributed by atoms with Crippen molar-refractivity contribution < 1.29 is 24.2 Å². The van der Waals surface area contributed by atoms with Crippen molar-refractivity contribution in [3.8, 4) is 0 Å². The van der Waals surface area contributed by atoms with Crippen molar-refractivity contribution >= 4 is 23.8 Å². The fourth-order valence-corrected chi connectivity index (χ4v) is 1.71. The lowest BCUT2D eigenvalue weighted by atomic mass is 10.1. The number of hydrogen-bond acceptors (Lipinski definition) is 4. The number of nitrogens with one attached hydrogen (secondary N) is 2. The molecule has 0 aliphatic rings. The van der Waals surface area contributed by atoms with Crippen LogP contribution in [0.4, 0.5) is 15.3 Å². The first-order valence-electron chi connectivity index (χ1n) is 7.30. The van der Waals surface area contributed by atoms with Crippen LogP contribution < -0.4 is 10.6 Å². The first-order valence-corrected chi connectivity index (χ1v) is 7.30. The summed E-state index contributed by atoms with van der Waals surface area (Å²) in [6.07, 6.45) is -0.820. The van der Waals surface area contributed by atoms with E-state index in [4.69, 9.17) is 4.74 Å². The molecule has 3 N–H and O–H groups in total. The number of anilines is 1. The van der Waals surface area contributed by atoms with Gasteiger partial charge in [0, 0.05) is 19.8 Å². The first-order chi connectivity index (χ1) is 11.0. The molecule has 0 radical (unpaired) electrons. The van der Waals surface area contributed by atoms with E-state index in [0.717, 1.165) is 0 Å². The lowest BCUT2D eigenvalue weighted by Crippen LogP contribution is -2.38. The number of benzene rings is 1. The van der Waals surface area contributed by atoms with Crippen LogP contribution in [0.3, 0.4) is 0 Å². The summed E-state index contributed by atoms with van der Waals surface area (Å²) in [6, 6.07) is 4.60. The molecule has 8 nitrogen and oxygen atoms in total. The van der Waals surface area contributed by atoms with Gasteiger partial charge in [-0.05, 0) is 38.5 Å². The van der Waals surface area contributed by atoms with E-state index in [2.05, 4.69) is 10.6 Å². The van der Waals surface area contributed by atoms with Crippen molar-refractivity contribution in [1.82, 2.24) is 10.2 Å². The quantitative estimate of drug-likeness (QED) is 0.782. The number of carbonyl (C=O) groups excluding carboxylic acids is 2. The highest BCUT2D eigenvalue weighted by Crippen LogP contribution is 2.18. The van der Waals surface area contributed by atoms with E-state index in [1.54, 1.807) is 47.0 Å². The van der Waals surface area contributed by atoms with Gasteiger partial charge >= 0.3 is 18.1 Å². The number of amides is 3. The van der Waals surface area contributed by atoms with E-state index >= 15 is 0 Å². The largest absolute Gasteiger partial charge is 0.479 e. The molecule has 1 aromatic rings. The predicted octanol–water partition coefficient (Wildman–Crippen LogP) is 2.43.